The van der Waals surface area contributed by atoms with Crippen LogP contribution < -0.4 is 15.8 Å². The second-order valence-electron chi connectivity index (χ2n) is 5.63. The zero-order valence-electron chi connectivity index (χ0n) is 13.6. The summed E-state index contributed by atoms with van der Waals surface area (Å²) in [6.07, 6.45) is 0. The summed E-state index contributed by atoms with van der Waals surface area (Å²) in [5.74, 6) is 0.794. The molecule has 0 aliphatic carbocycles. The van der Waals surface area contributed by atoms with Crippen LogP contribution in [0.15, 0.2) is 18.2 Å². The average Bonchev–Trinajstić information content (AvgIpc) is 2.42. The van der Waals surface area contributed by atoms with Crippen molar-refractivity contribution in [1.29, 1.82) is 0 Å². The molecule has 1 aromatic carbocycles. The van der Waals surface area contributed by atoms with E-state index in [1.165, 1.54) is 0 Å². The third kappa shape index (κ3) is 5.17. The molecule has 0 spiro atoms. The first-order valence-corrected chi connectivity index (χ1v) is 7.75. The van der Waals surface area contributed by atoms with E-state index >= 15 is 0 Å². The third-order valence-corrected chi connectivity index (χ3v) is 3.72. The van der Waals surface area contributed by atoms with Gasteiger partial charge in [-0.15, -0.1) is 0 Å². The highest BCUT2D eigenvalue weighted by Crippen LogP contribution is 2.22. The fourth-order valence-electron chi connectivity index (χ4n) is 2.44. The maximum absolute atomic E-state index is 5.77. The molecule has 0 radical (unpaired) electrons. The smallest absolute Gasteiger partial charge is 0.120 e. The SMILES string of the molecule is COc1ccc(C(N)=S)c(NCCN(C(C)C)C(C)C)c1. The van der Waals surface area contributed by atoms with Crippen molar-refractivity contribution in [2.24, 2.45) is 5.73 Å². The van der Waals surface area contributed by atoms with Crippen molar-refractivity contribution in [3.63, 3.8) is 0 Å². The fraction of sp³-hybridized carbons (Fsp3) is 0.562. The number of nitrogens with one attached hydrogen (secondary N) is 1. The Hall–Kier alpha value is -1.33. The molecule has 0 amide bonds. The zero-order valence-corrected chi connectivity index (χ0v) is 14.5. The van der Waals surface area contributed by atoms with Crippen molar-refractivity contribution in [2.75, 3.05) is 25.5 Å². The second kappa shape index (κ2) is 8.20. The predicted molar refractivity (Wildman–Crippen MR) is 94.3 cm³/mol. The highest BCUT2D eigenvalue weighted by Gasteiger charge is 2.13. The van der Waals surface area contributed by atoms with Crippen molar-refractivity contribution < 1.29 is 4.74 Å². The van der Waals surface area contributed by atoms with E-state index in [2.05, 4.69) is 37.9 Å². The molecule has 0 bridgehead atoms. The number of rotatable bonds is 8. The molecule has 3 N–H and O–H groups in total. The first-order chi connectivity index (χ1) is 9.86. The van der Waals surface area contributed by atoms with Gasteiger partial charge in [-0.2, -0.15) is 0 Å². The number of anilines is 1. The molecule has 0 aliphatic heterocycles. The van der Waals surface area contributed by atoms with Gasteiger partial charge in [-0.25, -0.2) is 0 Å². The van der Waals surface area contributed by atoms with E-state index in [0.717, 1.165) is 30.1 Å². The van der Waals surface area contributed by atoms with Crippen LogP contribution in [-0.4, -0.2) is 42.2 Å². The predicted octanol–water partition coefficient (Wildman–Crippen LogP) is 2.86. The highest BCUT2D eigenvalue weighted by molar-refractivity contribution is 7.80. The van der Waals surface area contributed by atoms with Gasteiger partial charge in [0.2, 0.25) is 0 Å². The van der Waals surface area contributed by atoms with Crippen LogP contribution in [0.2, 0.25) is 0 Å². The van der Waals surface area contributed by atoms with Crippen LogP contribution in [0.25, 0.3) is 0 Å². The maximum atomic E-state index is 5.77. The maximum Gasteiger partial charge on any atom is 0.120 e. The molecule has 0 saturated heterocycles. The summed E-state index contributed by atoms with van der Waals surface area (Å²) in [4.78, 5) is 2.83. The largest absolute Gasteiger partial charge is 0.497 e. The first-order valence-electron chi connectivity index (χ1n) is 7.34. The van der Waals surface area contributed by atoms with Crippen molar-refractivity contribution in [3.05, 3.63) is 23.8 Å². The van der Waals surface area contributed by atoms with Crippen molar-refractivity contribution in [1.82, 2.24) is 4.90 Å². The summed E-state index contributed by atoms with van der Waals surface area (Å²) >= 11 is 5.10. The molecule has 0 aromatic heterocycles. The van der Waals surface area contributed by atoms with Crippen LogP contribution in [0, 0.1) is 0 Å². The number of thiocarbonyl (C=S) groups is 1. The molecule has 4 nitrogen and oxygen atoms in total. The van der Waals surface area contributed by atoms with Crippen LogP contribution in [0.1, 0.15) is 33.3 Å². The number of ether oxygens (including phenoxy) is 1. The summed E-state index contributed by atoms with van der Waals surface area (Å²) in [6.45, 7) is 10.7. The summed E-state index contributed by atoms with van der Waals surface area (Å²) in [5.41, 5.74) is 7.55. The number of hydrogen-bond donors (Lipinski definition) is 2. The minimum Gasteiger partial charge on any atom is -0.497 e. The third-order valence-electron chi connectivity index (χ3n) is 3.50. The lowest BCUT2D eigenvalue weighted by Crippen LogP contribution is -2.40. The molecule has 0 fully saturated rings. The quantitative estimate of drug-likeness (QED) is 0.723. The molecule has 0 aliphatic rings. The van der Waals surface area contributed by atoms with Crippen LogP contribution >= 0.6 is 12.2 Å². The number of methoxy groups -OCH3 is 1. The van der Waals surface area contributed by atoms with Crippen LogP contribution in [-0.2, 0) is 0 Å². The Labute approximate surface area is 133 Å². The van der Waals surface area contributed by atoms with Crippen molar-refractivity contribution in [2.45, 2.75) is 39.8 Å². The van der Waals surface area contributed by atoms with Gasteiger partial charge in [0.15, 0.2) is 0 Å². The molecule has 118 valence electrons. The normalized spacial score (nSPS) is 11.2. The Bertz CT molecular complexity index is 467. The van der Waals surface area contributed by atoms with Gasteiger partial charge in [0.05, 0.1) is 7.11 Å². The molecule has 21 heavy (non-hydrogen) atoms. The number of nitrogens with two attached hydrogens (primary N) is 1. The Morgan fingerprint density at radius 1 is 1.29 bits per heavy atom. The van der Waals surface area contributed by atoms with Gasteiger partial charge < -0.3 is 15.8 Å². The molecule has 1 aromatic rings. The summed E-state index contributed by atoms with van der Waals surface area (Å²) in [6, 6.07) is 6.74. The minimum absolute atomic E-state index is 0.393. The Kier molecular flexibility index (Phi) is 6.92. The minimum atomic E-state index is 0.393. The molecular formula is C16H27N3OS. The van der Waals surface area contributed by atoms with E-state index in [1.54, 1.807) is 7.11 Å². The van der Waals surface area contributed by atoms with Gasteiger partial charge in [0, 0.05) is 42.5 Å². The summed E-state index contributed by atoms with van der Waals surface area (Å²) < 4.78 is 5.26. The second-order valence-corrected chi connectivity index (χ2v) is 6.07. The average molecular weight is 309 g/mol. The van der Waals surface area contributed by atoms with Crippen LogP contribution in [0.5, 0.6) is 5.75 Å². The number of nitrogens with zero attached hydrogens (tertiary/aromatic N) is 1. The molecule has 0 unspecified atom stereocenters. The Balaban J connectivity index is 2.75. The van der Waals surface area contributed by atoms with E-state index in [0.29, 0.717) is 17.1 Å². The van der Waals surface area contributed by atoms with Gasteiger partial charge in [0.1, 0.15) is 10.7 Å². The molecule has 0 atom stereocenters. The van der Waals surface area contributed by atoms with Crippen molar-refractivity contribution >= 4 is 22.9 Å². The van der Waals surface area contributed by atoms with Gasteiger partial charge in [-0.1, -0.05) is 12.2 Å². The Morgan fingerprint density at radius 3 is 2.38 bits per heavy atom. The fourth-order valence-corrected chi connectivity index (χ4v) is 2.62. The van der Waals surface area contributed by atoms with Crippen molar-refractivity contribution in [3.8, 4) is 5.75 Å². The van der Waals surface area contributed by atoms with E-state index in [-0.39, 0.29) is 0 Å². The first kappa shape index (κ1) is 17.7. The topological polar surface area (TPSA) is 50.5 Å². The molecule has 1 rings (SSSR count). The number of hydrogen-bond acceptors (Lipinski definition) is 4. The van der Waals surface area contributed by atoms with Gasteiger partial charge >= 0.3 is 0 Å². The lowest BCUT2D eigenvalue weighted by molar-refractivity contribution is 0.182. The monoisotopic (exact) mass is 309 g/mol. The van der Waals surface area contributed by atoms with Gasteiger partial charge in [-0.3, -0.25) is 4.90 Å². The van der Waals surface area contributed by atoms with Crippen LogP contribution in [0.4, 0.5) is 5.69 Å². The number of benzene rings is 1. The van der Waals surface area contributed by atoms with Gasteiger partial charge in [-0.05, 0) is 39.8 Å². The molecule has 5 heteroatoms. The van der Waals surface area contributed by atoms with E-state index in [9.17, 15) is 0 Å². The molecule has 0 heterocycles. The lowest BCUT2D eigenvalue weighted by Gasteiger charge is -2.30. The van der Waals surface area contributed by atoms with Gasteiger partial charge in [0.25, 0.3) is 0 Å². The van der Waals surface area contributed by atoms with E-state index in [4.69, 9.17) is 22.7 Å². The summed E-state index contributed by atoms with van der Waals surface area (Å²) in [5, 5.41) is 3.42. The standard InChI is InChI=1S/C16H27N3OS/c1-11(2)19(12(3)4)9-8-18-15-10-13(20-5)6-7-14(15)16(17)21/h6-7,10-12,18H,8-9H2,1-5H3,(H2,17,21). The zero-order chi connectivity index (χ0) is 16.0. The lowest BCUT2D eigenvalue weighted by atomic mass is 10.1. The summed E-state index contributed by atoms with van der Waals surface area (Å²) in [7, 11) is 1.65. The van der Waals surface area contributed by atoms with E-state index in [1.807, 2.05) is 18.2 Å². The molecular weight excluding hydrogens is 282 g/mol. The highest BCUT2D eigenvalue weighted by atomic mass is 32.1. The van der Waals surface area contributed by atoms with Crippen LogP contribution in [0.3, 0.4) is 0 Å². The molecule has 0 saturated carbocycles. The Morgan fingerprint density at radius 2 is 1.90 bits per heavy atom. The van der Waals surface area contributed by atoms with E-state index < -0.39 is 0 Å².